The van der Waals surface area contributed by atoms with Crippen LogP contribution in [0.15, 0.2) is 42.5 Å². The average molecular weight is 415 g/mol. The second kappa shape index (κ2) is 10.2. The summed E-state index contributed by atoms with van der Waals surface area (Å²) < 4.78 is 16.1. The van der Waals surface area contributed by atoms with Crippen molar-refractivity contribution in [3.05, 3.63) is 48.0 Å². The van der Waals surface area contributed by atoms with E-state index in [4.69, 9.17) is 14.2 Å². The minimum atomic E-state index is 0.184. The summed E-state index contributed by atoms with van der Waals surface area (Å²) in [5.41, 5.74) is 2.20. The number of quaternary nitrogens is 1. The molecular weight excluding hydrogens is 382 g/mol. The molecule has 0 radical (unpaired) electrons. The molecule has 1 amide bonds. The van der Waals surface area contributed by atoms with Gasteiger partial charge in [-0.25, -0.2) is 0 Å². The first-order valence-electron chi connectivity index (χ1n) is 10.2. The highest BCUT2D eigenvalue weighted by Gasteiger charge is 2.24. The Morgan fingerprint density at radius 1 is 0.933 bits per heavy atom. The number of carbonyl (C=O) groups excluding carboxylic acids is 1. The van der Waals surface area contributed by atoms with Gasteiger partial charge in [0.25, 0.3) is 5.91 Å². The standard InChI is InChI=1S/C23H31N3O4/c1-24(16-18-6-5-7-21(29-3)23(18)30-4)17-22(27)26-14-12-25(13-15-26)19-8-10-20(28-2)11-9-19/h5-11H,12-17H2,1-4H3/p+1. The van der Waals surface area contributed by atoms with Gasteiger partial charge in [-0.3, -0.25) is 4.79 Å². The predicted octanol–water partition coefficient (Wildman–Crippen LogP) is 1.08. The van der Waals surface area contributed by atoms with Crippen LogP contribution < -0.4 is 24.0 Å². The molecule has 1 unspecified atom stereocenters. The summed E-state index contributed by atoms with van der Waals surface area (Å²) in [6, 6.07) is 13.9. The van der Waals surface area contributed by atoms with Gasteiger partial charge in [0.15, 0.2) is 18.0 Å². The average Bonchev–Trinajstić information content (AvgIpc) is 2.79. The molecule has 0 saturated carbocycles. The number of anilines is 1. The van der Waals surface area contributed by atoms with Crippen molar-refractivity contribution in [3.63, 3.8) is 0 Å². The number of ether oxygens (including phenoxy) is 3. The molecule has 162 valence electrons. The Bertz CT molecular complexity index is 833. The number of amides is 1. The second-order valence-electron chi connectivity index (χ2n) is 7.53. The van der Waals surface area contributed by atoms with Crippen LogP contribution in [0.4, 0.5) is 5.69 Å². The van der Waals surface area contributed by atoms with E-state index >= 15 is 0 Å². The van der Waals surface area contributed by atoms with Gasteiger partial charge in [0.2, 0.25) is 0 Å². The molecule has 1 atom stereocenters. The van der Waals surface area contributed by atoms with Crippen LogP contribution in [0.2, 0.25) is 0 Å². The van der Waals surface area contributed by atoms with Crippen LogP contribution in [-0.4, -0.2) is 71.9 Å². The quantitative estimate of drug-likeness (QED) is 0.701. The first-order valence-corrected chi connectivity index (χ1v) is 10.2. The number of hydrogen-bond acceptors (Lipinski definition) is 5. The van der Waals surface area contributed by atoms with E-state index < -0.39 is 0 Å². The number of para-hydroxylation sites is 1. The highest BCUT2D eigenvalue weighted by atomic mass is 16.5. The lowest BCUT2D eigenvalue weighted by Crippen LogP contribution is -3.09. The number of hydrogen-bond donors (Lipinski definition) is 1. The molecule has 0 aromatic heterocycles. The Morgan fingerprint density at radius 3 is 2.23 bits per heavy atom. The lowest BCUT2D eigenvalue weighted by Gasteiger charge is -2.36. The molecule has 1 heterocycles. The summed E-state index contributed by atoms with van der Waals surface area (Å²) in [5, 5.41) is 0. The number of nitrogens with zero attached hydrogens (tertiary/aromatic N) is 2. The van der Waals surface area contributed by atoms with E-state index in [-0.39, 0.29) is 5.91 Å². The molecule has 1 saturated heterocycles. The zero-order valence-corrected chi connectivity index (χ0v) is 18.3. The summed E-state index contributed by atoms with van der Waals surface area (Å²) in [6.45, 7) is 4.28. The van der Waals surface area contributed by atoms with E-state index in [1.165, 1.54) is 0 Å². The van der Waals surface area contributed by atoms with Gasteiger partial charge in [-0.15, -0.1) is 0 Å². The second-order valence-corrected chi connectivity index (χ2v) is 7.53. The van der Waals surface area contributed by atoms with Crippen molar-refractivity contribution in [2.24, 2.45) is 0 Å². The monoisotopic (exact) mass is 414 g/mol. The third-order valence-corrected chi connectivity index (χ3v) is 5.50. The largest absolute Gasteiger partial charge is 0.497 e. The number of methoxy groups -OCH3 is 3. The number of carbonyl (C=O) groups is 1. The van der Waals surface area contributed by atoms with Crippen LogP contribution in [-0.2, 0) is 11.3 Å². The Balaban J connectivity index is 1.52. The summed E-state index contributed by atoms with van der Waals surface area (Å²) in [7, 11) is 6.98. The van der Waals surface area contributed by atoms with Crippen molar-refractivity contribution in [2.75, 3.05) is 66.0 Å². The van der Waals surface area contributed by atoms with Crippen LogP contribution >= 0.6 is 0 Å². The van der Waals surface area contributed by atoms with Crippen LogP contribution in [0.3, 0.4) is 0 Å². The van der Waals surface area contributed by atoms with E-state index in [2.05, 4.69) is 17.0 Å². The molecule has 2 aromatic rings. The van der Waals surface area contributed by atoms with Gasteiger partial charge >= 0.3 is 0 Å². The fourth-order valence-electron chi connectivity index (χ4n) is 3.86. The highest BCUT2D eigenvalue weighted by molar-refractivity contribution is 5.77. The molecule has 1 N–H and O–H groups in total. The van der Waals surface area contributed by atoms with Crippen LogP contribution in [0, 0.1) is 0 Å². The van der Waals surface area contributed by atoms with Gasteiger partial charge in [-0.05, 0) is 36.4 Å². The molecule has 2 aromatic carbocycles. The summed E-state index contributed by atoms with van der Waals surface area (Å²) in [5.74, 6) is 2.48. The smallest absolute Gasteiger partial charge is 0.277 e. The summed E-state index contributed by atoms with van der Waals surface area (Å²) in [6.07, 6.45) is 0. The Labute approximate surface area is 178 Å². The molecule has 30 heavy (non-hydrogen) atoms. The Morgan fingerprint density at radius 2 is 1.63 bits per heavy atom. The maximum Gasteiger partial charge on any atom is 0.277 e. The fourth-order valence-corrected chi connectivity index (χ4v) is 3.86. The van der Waals surface area contributed by atoms with Crippen molar-refractivity contribution < 1.29 is 23.9 Å². The third-order valence-electron chi connectivity index (χ3n) is 5.50. The van der Waals surface area contributed by atoms with Crippen LogP contribution in [0.1, 0.15) is 5.56 Å². The first kappa shape index (κ1) is 21.8. The van der Waals surface area contributed by atoms with E-state index in [0.29, 0.717) is 18.8 Å². The summed E-state index contributed by atoms with van der Waals surface area (Å²) in [4.78, 5) is 18.2. The lowest BCUT2D eigenvalue weighted by molar-refractivity contribution is -0.885. The minimum Gasteiger partial charge on any atom is -0.497 e. The number of nitrogens with one attached hydrogen (secondary N) is 1. The van der Waals surface area contributed by atoms with Gasteiger partial charge in [0, 0.05) is 31.9 Å². The van der Waals surface area contributed by atoms with E-state index in [9.17, 15) is 4.79 Å². The molecular formula is C23H32N3O4+. The number of piperazine rings is 1. The topological polar surface area (TPSA) is 55.7 Å². The molecule has 3 rings (SSSR count). The first-order chi connectivity index (χ1) is 14.5. The maximum atomic E-state index is 12.8. The van der Waals surface area contributed by atoms with E-state index in [0.717, 1.165) is 53.8 Å². The molecule has 7 nitrogen and oxygen atoms in total. The maximum absolute atomic E-state index is 12.8. The zero-order valence-electron chi connectivity index (χ0n) is 18.3. The Hall–Kier alpha value is -2.93. The van der Waals surface area contributed by atoms with Gasteiger partial charge < -0.3 is 28.9 Å². The van der Waals surface area contributed by atoms with Crippen LogP contribution in [0.25, 0.3) is 0 Å². The zero-order chi connectivity index (χ0) is 21.5. The molecule has 1 aliphatic heterocycles. The summed E-state index contributed by atoms with van der Waals surface area (Å²) >= 11 is 0. The number of benzene rings is 2. The lowest BCUT2D eigenvalue weighted by atomic mass is 10.1. The van der Waals surface area contributed by atoms with Crippen molar-refractivity contribution in [3.8, 4) is 17.2 Å². The van der Waals surface area contributed by atoms with Gasteiger partial charge in [-0.2, -0.15) is 0 Å². The van der Waals surface area contributed by atoms with Crippen molar-refractivity contribution in [2.45, 2.75) is 6.54 Å². The molecule has 0 aliphatic carbocycles. The fraction of sp³-hybridized carbons (Fsp3) is 0.435. The molecule has 0 bridgehead atoms. The number of likely N-dealkylation sites (N-methyl/N-ethyl adjacent to an activating group) is 1. The number of rotatable bonds is 8. The molecule has 1 aliphatic rings. The highest BCUT2D eigenvalue weighted by Crippen LogP contribution is 2.30. The van der Waals surface area contributed by atoms with Gasteiger partial charge in [0.05, 0.1) is 33.9 Å². The SMILES string of the molecule is COc1ccc(N2CCN(C(=O)C[NH+](C)Cc3cccc(OC)c3OC)CC2)cc1. The van der Waals surface area contributed by atoms with Crippen molar-refractivity contribution >= 4 is 11.6 Å². The molecule has 7 heteroatoms. The van der Waals surface area contributed by atoms with Crippen molar-refractivity contribution in [1.82, 2.24) is 4.90 Å². The van der Waals surface area contributed by atoms with E-state index in [1.54, 1.807) is 21.3 Å². The van der Waals surface area contributed by atoms with Gasteiger partial charge in [-0.1, -0.05) is 6.07 Å². The normalized spacial score (nSPS) is 14.9. The predicted molar refractivity (Wildman–Crippen MR) is 117 cm³/mol. The Kier molecular flexibility index (Phi) is 7.41. The molecule has 0 spiro atoms. The van der Waals surface area contributed by atoms with Crippen molar-refractivity contribution in [1.29, 1.82) is 0 Å². The van der Waals surface area contributed by atoms with Crippen LogP contribution in [0.5, 0.6) is 17.2 Å². The minimum absolute atomic E-state index is 0.184. The van der Waals surface area contributed by atoms with E-state index in [1.807, 2.05) is 42.3 Å². The molecule has 1 fully saturated rings. The third kappa shape index (κ3) is 5.16. The van der Waals surface area contributed by atoms with Gasteiger partial charge in [0.1, 0.15) is 12.3 Å².